The van der Waals surface area contributed by atoms with Gasteiger partial charge in [-0.05, 0) is 12.5 Å². The lowest BCUT2D eigenvalue weighted by molar-refractivity contribution is 0.785. The predicted octanol–water partition coefficient (Wildman–Crippen LogP) is 2.15. The van der Waals surface area contributed by atoms with Gasteiger partial charge in [0.15, 0.2) is 11.6 Å². The summed E-state index contributed by atoms with van der Waals surface area (Å²) in [6.07, 6.45) is 3.32. The third kappa shape index (κ3) is 5.78. The van der Waals surface area contributed by atoms with Crippen LogP contribution in [0, 0.1) is 0 Å². The molecule has 2 aromatic heterocycles. The van der Waals surface area contributed by atoms with E-state index in [0.717, 1.165) is 29.4 Å². The minimum Gasteiger partial charge on any atom is -0.368 e. The topological polar surface area (TPSA) is 92.1 Å². The molecule has 0 spiro atoms. The maximum absolute atomic E-state index is 4.61. The Balaban J connectivity index is 0.00000261. The SMILES string of the molecule is CCNC(=NCc1ccccc1)NCCNc1ncnc2c1cnn2C.I. The number of rotatable bonds is 7. The van der Waals surface area contributed by atoms with Crippen molar-refractivity contribution in [2.75, 3.05) is 25.0 Å². The molecule has 8 nitrogen and oxygen atoms in total. The molecule has 0 radical (unpaired) electrons. The Kier molecular flexibility index (Phi) is 8.24. The monoisotopic (exact) mass is 480 g/mol. The number of nitrogens with one attached hydrogen (secondary N) is 3. The molecule has 0 saturated heterocycles. The lowest BCUT2D eigenvalue weighted by atomic mass is 10.2. The normalized spacial score (nSPS) is 11.1. The van der Waals surface area contributed by atoms with Crippen molar-refractivity contribution in [3.05, 3.63) is 48.4 Å². The van der Waals surface area contributed by atoms with Crippen LogP contribution in [-0.4, -0.2) is 45.3 Å². The summed E-state index contributed by atoms with van der Waals surface area (Å²) >= 11 is 0. The molecule has 0 aliphatic rings. The van der Waals surface area contributed by atoms with E-state index in [-0.39, 0.29) is 24.0 Å². The molecule has 0 fully saturated rings. The summed E-state index contributed by atoms with van der Waals surface area (Å²) in [5.41, 5.74) is 2.00. The average molecular weight is 480 g/mol. The Hall–Kier alpha value is -2.43. The summed E-state index contributed by atoms with van der Waals surface area (Å²) in [6.45, 7) is 4.93. The number of anilines is 1. The first-order valence-electron chi connectivity index (χ1n) is 8.70. The molecular formula is C18H25IN8. The van der Waals surface area contributed by atoms with Crippen LogP contribution in [0.2, 0.25) is 0 Å². The molecule has 0 bridgehead atoms. The van der Waals surface area contributed by atoms with E-state index in [9.17, 15) is 0 Å². The third-order valence-corrected chi connectivity index (χ3v) is 3.85. The van der Waals surface area contributed by atoms with Crippen molar-refractivity contribution in [2.24, 2.45) is 12.0 Å². The summed E-state index contributed by atoms with van der Waals surface area (Å²) in [5.74, 6) is 1.59. The highest BCUT2D eigenvalue weighted by Gasteiger charge is 2.07. The van der Waals surface area contributed by atoms with Gasteiger partial charge in [-0.25, -0.2) is 15.0 Å². The summed E-state index contributed by atoms with van der Waals surface area (Å²) < 4.78 is 1.74. The van der Waals surface area contributed by atoms with Gasteiger partial charge in [-0.2, -0.15) is 5.10 Å². The molecule has 27 heavy (non-hydrogen) atoms. The fourth-order valence-corrected chi connectivity index (χ4v) is 2.56. The van der Waals surface area contributed by atoms with Gasteiger partial charge < -0.3 is 16.0 Å². The fraction of sp³-hybridized carbons (Fsp3) is 0.333. The van der Waals surface area contributed by atoms with Crippen molar-refractivity contribution in [1.82, 2.24) is 30.4 Å². The minimum absolute atomic E-state index is 0. The number of benzene rings is 1. The van der Waals surface area contributed by atoms with E-state index >= 15 is 0 Å². The minimum atomic E-state index is 0. The lowest BCUT2D eigenvalue weighted by Crippen LogP contribution is -2.39. The maximum Gasteiger partial charge on any atom is 0.191 e. The molecule has 3 rings (SSSR count). The van der Waals surface area contributed by atoms with Gasteiger partial charge in [0.25, 0.3) is 0 Å². The maximum atomic E-state index is 4.61. The first-order chi connectivity index (χ1) is 12.8. The van der Waals surface area contributed by atoms with Gasteiger partial charge in [0.1, 0.15) is 12.1 Å². The van der Waals surface area contributed by atoms with E-state index in [0.29, 0.717) is 19.6 Å². The van der Waals surface area contributed by atoms with Crippen molar-refractivity contribution < 1.29 is 0 Å². The molecule has 0 unspecified atom stereocenters. The van der Waals surface area contributed by atoms with Crippen LogP contribution in [0.25, 0.3) is 11.0 Å². The fourth-order valence-electron chi connectivity index (χ4n) is 2.56. The summed E-state index contributed by atoms with van der Waals surface area (Å²) in [6, 6.07) is 10.2. The molecule has 144 valence electrons. The number of halogens is 1. The number of aromatic nitrogens is 4. The molecule has 3 aromatic rings. The highest BCUT2D eigenvalue weighted by molar-refractivity contribution is 14.0. The number of aliphatic imine (C=N–C) groups is 1. The molecule has 0 aliphatic carbocycles. The van der Waals surface area contributed by atoms with Gasteiger partial charge >= 0.3 is 0 Å². The van der Waals surface area contributed by atoms with Crippen LogP contribution in [0.3, 0.4) is 0 Å². The molecule has 1 aromatic carbocycles. The number of nitrogens with zero attached hydrogens (tertiary/aromatic N) is 5. The zero-order chi connectivity index (χ0) is 18.2. The Morgan fingerprint density at radius 2 is 1.93 bits per heavy atom. The van der Waals surface area contributed by atoms with Crippen molar-refractivity contribution in [3.63, 3.8) is 0 Å². The quantitative estimate of drug-likeness (QED) is 0.208. The molecule has 0 atom stereocenters. The van der Waals surface area contributed by atoms with Gasteiger partial charge in [0.05, 0.1) is 18.1 Å². The highest BCUT2D eigenvalue weighted by Crippen LogP contribution is 2.16. The number of fused-ring (bicyclic) bond motifs is 1. The number of hydrogen-bond donors (Lipinski definition) is 3. The second-order valence-electron chi connectivity index (χ2n) is 5.76. The first kappa shape index (κ1) is 20.9. The predicted molar refractivity (Wildman–Crippen MR) is 119 cm³/mol. The molecule has 0 saturated carbocycles. The Morgan fingerprint density at radius 3 is 2.70 bits per heavy atom. The molecular weight excluding hydrogens is 455 g/mol. The highest BCUT2D eigenvalue weighted by atomic mass is 127. The lowest BCUT2D eigenvalue weighted by Gasteiger charge is -2.12. The average Bonchev–Trinajstić information content (AvgIpc) is 3.06. The molecule has 0 aliphatic heterocycles. The Labute approximate surface area is 175 Å². The molecule has 9 heteroatoms. The second kappa shape index (κ2) is 10.7. The van der Waals surface area contributed by atoms with Crippen molar-refractivity contribution >= 4 is 46.8 Å². The van der Waals surface area contributed by atoms with Crippen LogP contribution in [0.5, 0.6) is 0 Å². The van der Waals surface area contributed by atoms with E-state index in [1.165, 1.54) is 5.56 Å². The number of guanidine groups is 1. The Morgan fingerprint density at radius 1 is 1.11 bits per heavy atom. The van der Waals surface area contributed by atoms with Gasteiger partial charge in [-0.15, -0.1) is 24.0 Å². The van der Waals surface area contributed by atoms with Crippen LogP contribution in [0.4, 0.5) is 5.82 Å². The zero-order valence-electron chi connectivity index (χ0n) is 15.5. The van der Waals surface area contributed by atoms with Gasteiger partial charge in [-0.3, -0.25) is 4.68 Å². The second-order valence-corrected chi connectivity index (χ2v) is 5.76. The van der Waals surface area contributed by atoms with Crippen LogP contribution in [0.1, 0.15) is 12.5 Å². The van der Waals surface area contributed by atoms with Crippen molar-refractivity contribution in [2.45, 2.75) is 13.5 Å². The van der Waals surface area contributed by atoms with E-state index in [1.807, 2.05) is 25.2 Å². The summed E-state index contributed by atoms with van der Waals surface area (Å²) in [5, 5.41) is 15.0. The van der Waals surface area contributed by atoms with Crippen molar-refractivity contribution in [1.29, 1.82) is 0 Å². The molecule has 2 heterocycles. The van der Waals surface area contributed by atoms with E-state index < -0.39 is 0 Å². The van der Waals surface area contributed by atoms with E-state index in [4.69, 9.17) is 0 Å². The Bertz CT molecular complexity index is 862. The van der Waals surface area contributed by atoms with Crippen LogP contribution >= 0.6 is 24.0 Å². The van der Waals surface area contributed by atoms with E-state index in [2.05, 4.69) is 55.1 Å². The van der Waals surface area contributed by atoms with Gasteiger partial charge in [-0.1, -0.05) is 30.3 Å². The van der Waals surface area contributed by atoms with Crippen LogP contribution in [-0.2, 0) is 13.6 Å². The van der Waals surface area contributed by atoms with Crippen LogP contribution in [0.15, 0.2) is 47.8 Å². The first-order valence-corrected chi connectivity index (χ1v) is 8.70. The van der Waals surface area contributed by atoms with Gasteiger partial charge in [0, 0.05) is 26.7 Å². The third-order valence-electron chi connectivity index (χ3n) is 3.85. The van der Waals surface area contributed by atoms with Crippen LogP contribution < -0.4 is 16.0 Å². The smallest absolute Gasteiger partial charge is 0.191 e. The van der Waals surface area contributed by atoms with Crippen molar-refractivity contribution in [3.8, 4) is 0 Å². The van der Waals surface area contributed by atoms with E-state index in [1.54, 1.807) is 17.2 Å². The standard InChI is InChI=1S/C18H24N8.HI/c1-3-19-18(22-11-14-7-5-4-6-8-14)21-10-9-20-16-15-12-25-26(2)17(15)24-13-23-16;/h4-8,12-13H,3,9-11H2,1-2H3,(H2,19,21,22)(H,20,23,24);1H. The van der Waals surface area contributed by atoms with Gasteiger partial charge in [0.2, 0.25) is 0 Å². The largest absolute Gasteiger partial charge is 0.368 e. The molecule has 0 amide bonds. The number of hydrogen-bond acceptors (Lipinski definition) is 5. The molecule has 3 N–H and O–H groups in total. The number of aryl methyl sites for hydroxylation is 1. The summed E-state index contributed by atoms with van der Waals surface area (Å²) in [4.78, 5) is 13.1. The zero-order valence-corrected chi connectivity index (χ0v) is 17.8. The summed E-state index contributed by atoms with van der Waals surface area (Å²) in [7, 11) is 1.87.